The first-order valence-corrected chi connectivity index (χ1v) is 8.37. The minimum atomic E-state index is -0.126. The molecular weight excluding hydrogens is 294 g/mol. The Morgan fingerprint density at radius 1 is 0.958 bits per heavy atom. The van der Waals surface area contributed by atoms with E-state index in [1.54, 1.807) is 0 Å². The smallest absolute Gasteiger partial charge is 0.127 e. The predicted octanol–water partition coefficient (Wildman–Crippen LogP) is 4.64. The van der Waals surface area contributed by atoms with Gasteiger partial charge in [-0.05, 0) is 11.0 Å². The zero-order valence-corrected chi connectivity index (χ0v) is 14.6. The zero-order chi connectivity index (χ0) is 17.2. The van der Waals surface area contributed by atoms with E-state index < -0.39 is 0 Å². The highest BCUT2D eigenvalue weighted by molar-refractivity contribution is 5.58. The number of hydrogen-bond acceptors (Lipinski definition) is 2. The lowest BCUT2D eigenvalue weighted by Gasteiger charge is -2.27. The molecule has 3 rings (SSSR count). The monoisotopic (exact) mass is 319 g/mol. The molecule has 1 atom stereocenters. The van der Waals surface area contributed by atoms with Crippen molar-refractivity contribution in [3.8, 4) is 11.3 Å². The molecule has 0 bridgehead atoms. The third-order valence-corrected chi connectivity index (χ3v) is 4.28. The van der Waals surface area contributed by atoms with Gasteiger partial charge >= 0.3 is 0 Å². The summed E-state index contributed by atoms with van der Waals surface area (Å²) in [7, 11) is 0. The molecule has 0 aliphatic heterocycles. The van der Waals surface area contributed by atoms with Gasteiger partial charge in [-0.3, -0.25) is 0 Å². The van der Waals surface area contributed by atoms with Gasteiger partial charge < -0.3 is 10.3 Å². The van der Waals surface area contributed by atoms with Gasteiger partial charge in [0.1, 0.15) is 5.82 Å². The van der Waals surface area contributed by atoms with Crippen LogP contribution >= 0.6 is 0 Å². The van der Waals surface area contributed by atoms with E-state index in [1.165, 1.54) is 5.56 Å². The summed E-state index contributed by atoms with van der Waals surface area (Å²) in [5.41, 5.74) is 9.82. The summed E-state index contributed by atoms with van der Waals surface area (Å²) >= 11 is 0. The lowest BCUT2D eigenvalue weighted by Crippen LogP contribution is -2.29. The molecule has 1 heterocycles. The van der Waals surface area contributed by atoms with Crippen LogP contribution in [0, 0.1) is 5.41 Å². The van der Waals surface area contributed by atoms with Crippen LogP contribution in [0.5, 0.6) is 0 Å². The second-order valence-electron chi connectivity index (χ2n) is 7.31. The van der Waals surface area contributed by atoms with Gasteiger partial charge in [-0.2, -0.15) is 0 Å². The Labute approximate surface area is 144 Å². The van der Waals surface area contributed by atoms with Gasteiger partial charge in [-0.1, -0.05) is 81.4 Å². The van der Waals surface area contributed by atoms with E-state index in [1.807, 2.05) is 24.3 Å². The molecular formula is C21H25N3. The minimum absolute atomic E-state index is 0.0479. The molecule has 0 aliphatic carbocycles. The molecule has 1 aromatic heterocycles. The average Bonchev–Trinajstić information content (AvgIpc) is 2.98. The maximum atomic E-state index is 6.53. The van der Waals surface area contributed by atoms with Crippen LogP contribution in [0.4, 0.5) is 0 Å². The first-order valence-electron chi connectivity index (χ1n) is 8.37. The van der Waals surface area contributed by atoms with E-state index in [-0.39, 0.29) is 11.5 Å². The molecule has 3 aromatic rings. The van der Waals surface area contributed by atoms with Gasteiger partial charge in [0.2, 0.25) is 0 Å². The standard InChI is InChI=1S/C21H25N3/c1-21(2,3)19(22)20-23-18(17-12-8-5-9-13-17)15-24(20)14-16-10-6-4-7-11-16/h4-13,15,19H,14,22H2,1-3H3/t19-/m0/s1. The fraction of sp³-hybridized carbons (Fsp3) is 0.286. The van der Waals surface area contributed by atoms with Crippen LogP contribution in [0.25, 0.3) is 11.3 Å². The van der Waals surface area contributed by atoms with Gasteiger partial charge in [0.25, 0.3) is 0 Å². The van der Waals surface area contributed by atoms with Crippen molar-refractivity contribution in [2.24, 2.45) is 11.1 Å². The van der Waals surface area contributed by atoms with Crippen molar-refractivity contribution in [2.45, 2.75) is 33.4 Å². The zero-order valence-electron chi connectivity index (χ0n) is 14.6. The van der Waals surface area contributed by atoms with Crippen LogP contribution in [0.15, 0.2) is 66.9 Å². The summed E-state index contributed by atoms with van der Waals surface area (Å²) in [5.74, 6) is 0.935. The summed E-state index contributed by atoms with van der Waals surface area (Å²) < 4.78 is 2.19. The van der Waals surface area contributed by atoms with Gasteiger partial charge in [-0.15, -0.1) is 0 Å². The highest BCUT2D eigenvalue weighted by Gasteiger charge is 2.27. The van der Waals surface area contributed by atoms with Crippen molar-refractivity contribution >= 4 is 0 Å². The van der Waals surface area contributed by atoms with Crippen molar-refractivity contribution in [3.63, 3.8) is 0 Å². The first kappa shape index (κ1) is 16.5. The molecule has 0 radical (unpaired) electrons. The van der Waals surface area contributed by atoms with E-state index in [4.69, 9.17) is 10.7 Å². The first-order chi connectivity index (χ1) is 11.4. The normalized spacial score (nSPS) is 13.0. The van der Waals surface area contributed by atoms with Crippen LogP contribution in [-0.4, -0.2) is 9.55 Å². The minimum Gasteiger partial charge on any atom is -0.329 e. The van der Waals surface area contributed by atoms with Gasteiger partial charge in [0, 0.05) is 18.3 Å². The van der Waals surface area contributed by atoms with Crippen molar-refractivity contribution in [2.75, 3.05) is 0 Å². The van der Waals surface area contributed by atoms with Crippen LogP contribution in [0.2, 0.25) is 0 Å². The van der Waals surface area contributed by atoms with E-state index >= 15 is 0 Å². The lowest BCUT2D eigenvalue weighted by atomic mass is 9.87. The number of hydrogen-bond donors (Lipinski definition) is 1. The molecule has 24 heavy (non-hydrogen) atoms. The molecule has 0 spiro atoms. The Bertz CT molecular complexity index is 783. The van der Waals surface area contributed by atoms with Crippen molar-refractivity contribution in [3.05, 3.63) is 78.2 Å². The maximum absolute atomic E-state index is 6.53. The number of aromatic nitrogens is 2. The quantitative estimate of drug-likeness (QED) is 0.761. The summed E-state index contributed by atoms with van der Waals surface area (Å²) in [5, 5.41) is 0. The van der Waals surface area contributed by atoms with Crippen LogP contribution in [0.1, 0.15) is 38.2 Å². The predicted molar refractivity (Wildman–Crippen MR) is 99.6 cm³/mol. The molecule has 0 aliphatic rings. The van der Waals surface area contributed by atoms with Gasteiger partial charge in [0.15, 0.2) is 0 Å². The van der Waals surface area contributed by atoms with Crippen molar-refractivity contribution < 1.29 is 0 Å². The van der Waals surface area contributed by atoms with E-state index in [0.29, 0.717) is 0 Å². The fourth-order valence-corrected chi connectivity index (χ4v) is 2.72. The molecule has 3 nitrogen and oxygen atoms in total. The number of imidazole rings is 1. The number of rotatable bonds is 4. The summed E-state index contributed by atoms with van der Waals surface area (Å²) in [6.45, 7) is 7.24. The van der Waals surface area contributed by atoms with Crippen molar-refractivity contribution in [1.82, 2.24) is 9.55 Å². The highest BCUT2D eigenvalue weighted by atomic mass is 15.1. The van der Waals surface area contributed by atoms with Gasteiger partial charge in [0.05, 0.1) is 11.7 Å². The Morgan fingerprint density at radius 3 is 2.12 bits per heavy atom. The van der Waals surface area contributed by atoms with E-state index in [9.17, 15) is 0 Å². The molecule has 2 aromatic carbocycles. The molecule has 0 saturated heterocycles. The molecule has 3 heteroatoms. The molecule has 0 unspecified atom stereocenters. The Morgan fingerprint density at radius 2 is 1.54 bits per heavy atom. The Hall–Kier alpha value is -2.39. The van der Waals surface area contributed by atoms with Gasteiger partial charge in [-0.25, -0.2) is 4.98 Å². The molecule has 0 saturated carbocycles. The third-order valence-electron chi connectivity index (χ3n) is 4.28. The average molecular weight is 319 g/mol. The topological polar surface area (TPSA) is 43.8 Å². The Kier molecular flexibility index (Phi) is 4.54. The Balaban J connectivity index is 2.03. The SMILES string of the molecule is CC(C)(C)[C@@H](N)c1nc(-c2ccccc2)cn1Cc1ccccc1. The molecule has 0 fully saturated rings. The molecule has 2 N–H and O–H groups in total. The highest BCUT2D eigenvalue weighted by Crippen LogP contribution is 2.32. The molecule has 124 valence electrons. The second-order valence-corrected chi connectivity index (χ2v) is 7.31. The van der Waals surface area contributed by atoms with E-state index in [0.717, 1.165) is 23.6 Å². The largest absolute Gasteiger partial charge is 0.329 e. The van der Waals surface area contributed by atoms with E-state index in [2.05, 4.69) is 67.9 Å². The second kappa shape index (κ2) is 6.62. The van der Waals surface area contributed by atoms with Crippen LogP contribution < -0.4 is 5.73 Å². The third kappa shape index (κ3) is 3.57. The maximum Gasteiger partial charge on any atom is 0.127 e. The number of nitrogens with zero attached hydrogens (tertiary/aromatic N) is 2. The number of nitrogens with two attached hydrogens (primary N) is 1. The van der Waals surface area contributed by atoms with Crippen LogP contribution in [-0.2, 0) is 6.54 Å². The fourth-order valence-electron chi connectivity index (χ4n) is 2.72. The summed E-state index contributed by atoms with van der Waals surface area (Å²) in [6, 6.07) is 20.6. The van der Waals surface area contributed by atoms with Crippen molar-refractivity contribution in [1.29, 1.82) is 0 Å². The number of benzene rings is 2. The van der Waals surface area contributed by atoms with Crippen LogP contribution in [0.3, 0.4) is 0 Å². The lowest BCUT2D eigenvalue weighted by molar-refractivity contribution is 0.309. The summed E-state index contributed by atoms with van der Waals surface area (Å²) in [4.78, 5) is 4.88. The summed E-state index contributed by atoms with van der Waals surface area (Å²) in [6.07, 6.45) is 2.11. The molecule has 0 amide bonds.